The summed E-state index contributed by atoms with van der Waals surface area (Å²) in [7, 11) is 0. The van der Waals surface area contributed by atoms with E-state index in [1.165, 1.54) is 6.08 Å². The zero-order chi connectivity index (χ0) is 14.8. The molecular formula is C13H18Cl3FO2. The van der Waals surface area contributed by atoms with Crippen LogP contribution in [0.3, 0.4) is 0 Å². The maximum atomic E-state index is 13.2. The van der Waals surface area contributed by atoms with E-state index in [-0.39, 0.29) is 28.3 Å². The van der Waals surface area contributed by atoms with Crippen LogP contribution in [0, 0.1) is 17.3 Å². The van der Waals surface area contributed by atoms with Gasteiger partial charge in [0.1, 0.15) is 0 Å². The Morgan fingerprint density at radius 2 is 2.05 bits per heavy atom. The summed E-state index contributed by atoms with van der Waals surface area (Å²) in [5, 5.41) is -0.308. The summed E-state index contributed by atoms with van der Waals surface area (Å²) in [6, 6.07) is 0. The van der Waals surface area contributed by atoms with Crippen molar-refractivity contribution in [2.45, 2.75) is 38.2 Å². The van der Waals surface area contributed by atoms with Crippen molar-refractivity contribution in [3.8, 4) is 0 Å². The average molecular weight is 332 g/mol. The van der Waals surface area contributed by atoms with E-state index in [2.05, 4.69) is 0 Å². The van der Waals surface area contributed by atoms with E-state index in [9.17, 15) is 9.18 Å². The minimum atomic E-state index is -2.61. The van der Waals surface area contributed by atoms with Crippen molar-refractivity contribution in [1.29, 1.82) is 0 Å². The Morgan fingerprint density at radius 1 is 1.47 bits per heavy atom. The molecule has 0 aliphatic heterocycles. The summed E-state index contributed by atoms with van der Waals surface area (Å²) in [5.41, 5.74) is -0.317. The lowest BCUT2D eigenvalue weighted by molar-refractivity contribution is -0.146. The number of allylic oxidation sites excluding steroid dienone is 2. The number of hydrogen-bond acceptors (Lipinski definition) is 2. The molecule has 6 heteroatoms. The van der Waals surface area contributed by atoms with Gasteiger partial charge in [-0.05, 0) is 17.8 Å². The van der Waals surface area contributed by atoms with Crippen molar-refractivity contribution < 1.29 is 13.9 Å². The van der Waals surface area contributed by atoms with E-state index >= 15 is 0 Å². The highest BCUT2D eigenvalue weighted by Crippen LogP contribution is 2.60. The standard InChI is InChI=1S/C13H18Cl3FO2/c1-4-5-6-19-11(18)10-8(12(10,2)3)7-9(14)13(15,16)17/h7-8,10H,4-6H2,1-3H3. The quantitative estimate of drug-likeness (QED) is 0.396. The van der Waals surface area contributed by atoms with Crippen LogP contribution in [-0.4, -0.2) is 17.2 Å². The summed E-state index contributed by atoms with van der Waals surface area (Å²) >= 11 is 16.2. The molecule has 19 heavy (non-hydrogen) atoms. The highest BCUT2D eigenvalue weighted by molar-refractivity contribution is 6.54. The first kappa shape index (κ1) is 17.1. The van der Waals surface area contributed by atoms with Gasteiger partial charge >= 0.3 is 5.97 Å². The van der Waals surface area contributed by atoms with Crippen LogP contribution in [0.1, 0.15) is 33.6 Å². The van der Waals surface area contributed by atoms with Crippen LogP contribution >= 0.6 is 34.8 Å². The zero-order valence-corrected chi connectivity index (χ0v) is 13.4. The van der Waals surface area contributed by atoms with Crippen molar-refractivity contribution in [2.24, 2.45) is 17.3 Å². The molecule has 1 rings (SSSR count). The molecule has 1 aliphatic carbocycles. The Hall–Kier alpha value is 0.01000. The van der Waals surface area contributed by atoms with Crippen LogP contribution in [0.4, 0.5) is 4.39 Å². The summed E-state index contributed by atoms with van der Waals surface area (Å²) < 4.78 is 15.8. The fraction of sp³-hybridized carbons (Fsp3) is 0.769. The molecule has 110 valence electrons. The van der Waals surface area contributed by atoms with Crippen LogP contribution in [0.25, 0.3) is 0 Å². The van der Waals surface area contributed by atoms with Crippen LogP contribution in [0.2, 0.25) is 0 Å². The third-order valence-corrected chi connectivity index (χ3v) is 4.49. The van der Waals surface area contributed by atoms with Gasteiger partial charge in [-0.3, -0.25) is 4.79 Å². The lowest BCUT2D eigenvalue weighted by Crippen LogP contribution is -2.11. The Morgan fingerprint density at radius 3 is 2.53 bits per heavy atom. The molecule has 0 spiro atoms. The summed E-state index contributed by atoms with van der Waals surface area (Å²) in [6.45, 7) is 6.21. The molecule has 0 amide bonds. The first-order valence-electron chi connectivity index (χ1n) is 6.23. The summed E-state index contributed by atoms with van der Waals surface area (Å²) in [4.78, 5) is 11.9. The van der Waals surface area contributed by atoms with Crippen molar-refractivity contribution in [1.82, 2.24) is 0 Å². The van der Waals surface area contributed by atoms with Gasteiger partial charge in [0.15, 0.2) is 0 Å². The van der Waals surface area contributed by atoms with E-state index in [4.69, 9.17) is 39.5 Å². The molecule has 1 aliphatic rings. The number of ether oxygens (including phenoxy) is 1. The van der Waals surface area contributed by atoms with Crippen LogP contribution in [0.5, 0.6) is 0 Å². The lowest BCUT2D eigenvalue weighted by Gasteiger charge is -2.07. The molecule has 1 fully saturated rings. The number of hydrogen-bond donors (Lipinski definition) is 0. The SMILES string of the molecule is CCCCOC(=O)C1C(C=C(Cl)C(F)(Cl)Cl)C1(C)C. The van der Waals surface area contributed by atoms with Crippen molar-refractivity contribution >= 4 is 40.8 Å². The van der Waals surface area contributed by atoms with Crippen LogP contribution in [-0.2, 0) is 9.53 Å². The van der Waals surface area contributed by atoms with Crippen molar-refractivity contribution in [2.75, 3.05) is 6.61 Å². The van der Waals surface area contributed by atoms with Crippen molar-refractivity contribution in [3.05, 3.63) is 11.1 Å². The Kier molecular flexibility index (Phi) is 5.56. The number of esters is 1. The summed E-state index contributed by atoms with van der Waals surface area (Å²) in [5.74, 6) is -0.812. The maximum absolute atomic E-state index is 13.2. The van der Waals surface area contributed by atoms with Gasteiger partial charge in [-0.2, -0.15) is 0 Å². The fourth-order valence-corrected chi connectivity index (χ4v) is 2.36. The molecular weight excluding hydrogens is 313 g/mol. The predicted molar refractivity (Wildman–Crippen MR) is 76.1 cm³/mol. The van der Waals surface area contributed by atoms with E-state index in [1.807, 2.05) is 20.8 Å². The van der Waals surface area contributed by atoms with Gasteiger partial charge in [0, 0.05) is 0 Å². The second kappa shape index (κ2) is 6.19. The third kappa shape index (κ3) is 4.24. The molecule has 0 aromatic rings. The monoisotopic (exact) mass is 330 g/mol. The summed E-state index contributed by atoms with van der Waals surface area (Å²) in [6.07, 6.45) is 3.20. The highest BCUT2D eigenvalue weighted by atomic mass is 35.5. The molecule has 0 aromatic heterocycles. The second-order valence-corrected chi connectivity index (χ2v) is 7.00. The molecule has 0 saturated heterocycles. The molecule has 1 saturated carbocycles. The number of halogens is 4. The van der Waals surface area contributed by atoms with Gasteiger partial charge in [-0.1, -0.05) is 68.1 Å². The van der Waals surface area contributed by atoms with E-state index in [1.54, 1.807) is 0 Å². The topological polar surface area (TPSA) is 26.3 Å². The van der Waals surface area contributed by atoms with Crippen molar-refractivity contribution in [3.63, 3.8) is 0 Å². The Bertz CT molecular complexity index is 375. The highest BCUT2D eigenvalue weighted by Gasteiger charge is 2.62. The Labute approximate surface area is 128 Å². The zero-order valence-electron chi connectivity index (χ0n) is 11.2. The van der Waals surface area contributed by atoms with E-state index in [0.29, 0.717) is 6.61 Å². The van der Waals surface area contributed by atoms with Gasteiger partial charge < -0.3 is 4.74 Å². The minimum Gasteiger partial charge on any atom is -0.465 e. The molecule has 2 unspecified atom stereocenters. The molecule has 0 aromatic carbocycles. The number of rotatable bonds is 6. The molecule has 2 atom stereocenters. The fourth-order valence-electron chi connectivity index (χ4n) is 2.10. The normalized spacial score (nSPS) is 26.2. The van der Waals surface area contributed by atoms with Gasteiger partial charge in [-0.25, -0.2) is 4.39 Å². The minimum absolute atomic E-state index is 0.207. The number of unbranched alkanes of at least 4 members (excludes halogenated alkanes) is 1. The predicted octanol–water partition coefficient (Wildman–Crippen LogP) is 4.83. The molecule has 2 nitrogen and oxygen atoms in total. The van der Waals surface area contributed by atoms with Crippen LogP contribution < -0.4 is 0 Å². The maximum Gasteiger partial charge on any atom is 0.310 e. The largest absolute Gasteiger partial charge is 0.465 e. The second-order valence-electron chi connectivity index (χ2n) is 5.36. The van der Waals surface area contributed by atoms with Gasteiger partial charge in [0.2, 0.25) is 0 Å². The van der Waals surface area contributed by atoms with Crippen LogP contribution in [0.15, 0.2) is 11.1 Å². The van der Waals surface area contributed by atoms with E-state index < -0.39 is 4.59 Å². The number of carbonyl (C=O) groups is 1. The Balaban J connectivity index is 2.65. The van der Waals surface area contributed by atoms with Gasteiger partial charge in [0.05, 0.1) is 17.6 Å². The average Bonchev–Trinajstić information content (AvgIpc) is 2.79. The smallest absolute Gasteiger partial charge is 0.310 e. The first-order chi connectivity index (χ1) is 8.62. The lowest BCUT2D eigenvalue weighted by atomic mass is 10.1. The first-order valence-corrected chi connectivity index (χ1v) is 7.37. The third-order valence-electron chi connectivity index (χ3n) is 3.50. The molecule has 0 radical (unpaired) electrons. The molecule has 0 heterocycles. The van der Waals surface area contributed by atoms with Gasteiger partial charge in [-0.15, -0.1) is 0 Å². The molecule has 0 bridgehead atoms. The van der Waals surface area contributed by atoms with Gasteiger partial charge in [0.25, 0.3) is 4.59 Å². The number of alkyl halides is 3. The molecule has 0 N–H and O–H groups in total. The van der Waals surface area contributed by atoms with E-state index in [0.717, 1.165) is 12.8 Å². The number of carbonyl (C=O) groups excluding carboxylic acids is 1.